The van der Waals surface area contributed by atoms with Gasteiger partial charge in [-0.3, -0.25) is 0 Å². The summed E-state index contributed by atoms with van der Waals surface area (Å²) in [6.45, 7) is 6.09. The van der Waals surface area contributed by atoms with Gasteiger partial charge in [0.2, 0.25) is 0 Å². The van der Waals surface area contributed by atoms with Crippen molar-refractivity contribution in [1.29, 1.82) is 0 Å². The third kappa shape index (κ3) is 5.99. The molecule has 0 aliphatic carbocycles. The van der Waals surface area contributed by atoms with Crippen LogP contribution in [0.15, 0.2) is 54.6 Å². The predicted molar refractivity (Wildman–Crippen MR) is 114 cm³/mol. The van der Waals surface area contributed by atoms with E-state index in [0.717, 1.165) is 44.7 Å². The smallest absolute Gasteiger partial charge is 0.317 e. The van der Waals surface area contributed by atoms with Crippen molar-refractivity contribution < 1.29 is 9.53 Å². The van der Waals surface area contributed by atoms with Gasteiger partial charge in [0.05, 0.1) is 13.2 Å². The van der Waals surface area contributed by atoms with Crippen LogP contribution in [-0.4, -0.2) is 50.3 Å². The number of aryl methyl sites for hydroxylation is 1. The maximum atomic E-state index is 12.5. The molecule has 3 rings (SSSR count). The maximum absolute atomic E-state index is 12.5. The zero-order valence-corrected chi connectivity index (χ0v) is 16.9. The third-order valence-corrected chi connectivity index (χ3v) is 5.16. The van der Waals surface area contributed by atoms with Crippen LogP contribution in [0.5, 0.6) is 0 Å². The molecule has 5 nitrogen and oxygen atoms in total. The zero-order chi connectivity index (χ0) is 19.8. The standard InChI is InChI=1S/C23H31N3O2/c1-19(8-9-20-6-4-3-5-7-20)24-23(27)25(2)18-21-10-12-22(13-11-21)26-14-16-28-17-15-26/h3-7,10-13,19H,8-9,14-18H2,1-2H3,(H,24,27). The summed E-state index contributed by atoms with van der Waals surface area (Å²) < 4.78 is 5.41. The lowest BCUT2D eigenvalue weighted by Crippen LogP contribution is -2.41. The quantitative estimate of drug-likeness (QED) is 0.796. The van der Waals surface area contributed by atoms with Gasteiger partial charge in [0.25, 0.3) is 0 Å². The second kappa shape index (κ2) is 10.1. The second-order valence-corrected chi connectivity index (χ2v) is 7.50. The van der Waals surface area contributed by atoms with E-state index in [0.29, 0.717) is 6.54 Å². The van der Waals surface area contributed by atoms with Crippen LogP contribution in [0.2, 0.25) is 0 Å². The molecule has 0 radical (unpaired) electrons. The number of anilines is 1. The Labute approximate surface area is 168 Å². The summed E-state index contributed by atoms with van der Waals surface area (Å²) in [5.41, 5.74) is 3.65. The van der Waals surface area contributed by atoms with Gasteiger partial charge in [0.1, 0.15) is 0 Å². The predicted octanol–water partition coefficient (Wildman–Crippen LogP) is 3.69. The van der Waals surface area contributed by atoms with Gasteiger partial charge >= 0.3 is 6.03 Å². The minimum absolute atomic E-state index is 0.0298. The van der Waals surface area contributed by atoms with E-state index in [4.69, 9.17) is 4.74 Å². The molecule has 1 atom stereocenters. The van der Waals surface area contributed by atoms with Crippen molar-refractivity contribution in [2.45, 2.75) is 32.4 Å². The van der Waals surface area contributed by atoms with E-state index in [1.165, 1.54) is 11.3 Å². The number of urea groups is 1. The molecule has 1 aliphatic rings. The number of ether oxygens (including phenoxy) is 1. The molecule has 1 aliphatic heterocycles. The molecule has 1 fully saturated rings. The summed E-state index contributed by atoms with van der Waals surface area (Å²) in [5, 5.41) is 3.10. The van der Waals surface area contributed by atoms with E-state index in [9.17, 15) is 4.79 Å². The molecule has 5 heteroatoms. The first kappa shape index (κ1) is 20.2. The minimum atomic E-state index is -0.0298. The third-order valence-electron chi connectivity index (χ3n) is 5.16. The van der Waals surface area contributed by atoms with Gasteiger partial charge < -0.3 is 19.9 Å². The van der Waals surface area contributed by atoms with Gasteiger partial charge in [-0.05, 0) is 43.0 Å². The summed E-state index contributed by atoms with van der Waals surface area (Å²) in [6, 6.07) is 19.0. The Morgan fingerprint density at radius 1 is 1.07 bits per heavy atom. The van der Waals surface area contributed by atoms with Crippen LogP contribution < -0.4 is 10.2 Å². The van der Waals surface area contributed by atoms with E-state index < -0.39 is 0 Å². The normalized spacial score (nSPS) is 15.1. The first-order valence-corrected chi connectivity index (χ1v) is 10.1. The highest BCUT2D eigenvalue weighted by Crippen LogP contribution is 2.17. The van der Waals surface area contributed by atoms with Crippen molar-refractivity contribution >= 4 is 11.7 Å². The maximum Gasteiger partial charge on any atom is 0.317 e. The number of morpholine rings is 1. The molecular formula is C23H31N3O2. The van der Waals surface area contributed by atoms with Gasteiger partial charge in [-0.1, -0.05) is 42.5 Å². The fraction of sp³-hybridized carbons (Fsp3) is 0.435. The topological polar surface area (TPSA) is 44.8 Å². The summed E-state index contributed by atoms with van der Waals surface area (Å²) in [5.74, 6) is 0. The van der Waals surface area contributed by atoms with Crippen LogP contribution in [0.3, 0.4) is 0 Å². The number of rotatable bonds is 7. The fourth-order valence-electron chi connectivity index (χ4n) is 3.40. The molecule has 0 aromatic heterocycles. The zero-order valence-electron chi connectivity index (χ0n) is 16.9. The first-order valence-electron chi connectivity index (χ1n) is 10.1. The Morgan fingerprint density at radius 3 is 2.43 bits per heavy atom. The highest BCUT2D eigenvalue weighted by molar-refractivity contribution is 5.74. The van der Waals surface area contributed by atoms with Gasteiger partial charge in [0.15, 0.2) is 0 Å². The molecule has 0 spiro atoms. The van der Waals surface area contributed by atoms with Crippen LogP contribution in [0, 0.1) is 0 Å². The number of hydrogen-bond acceptors (Lipinski definition) is 3. The summed E-state index contributed by atoms with van der Waals surface area (Å²) in [6.07, 6.45) is 1.90. The lowest BCUT2D eigenvalue weighted by atomic mass is 10.1. The number of nitrogens with zero attached hydrogens (tertiary/aromatic N) is 2. The number of amides is 2. The SMILES string of the molecule is CC(CCc1ccccc1)NC(=O)N(C)Cc1ccc(N2CCOCC2)cc1. The fourth-order valence-corrected chi connectivity index (χ4v) is 3.40. The van der Waals surface area contributed by atoms with Crippen molar-refractivity contribution in [3.05, 3.63) is 65.7 Å². The van der Waals surface area contributed by atoms with Gasteiger partial charge in [-0.15, -0.1) is 0 Å². The molecule has 1 N–H and O–H groups in total. The average molecular weight is 382 g/mol. The molecule has 0 saturated carbocycles. The summed E-state index contributed by atoms with van der Waals surface area (Å²) >= 11 is 0. The van der Waals surface area contributed by atoms with E-state index in [-0.39, 0.29) is 12.1 Å². The average Bonchev–Trinajstić information content (AvgIpc) is 2.74. The highest BCUT2D eigenvalue weighted by atomic mass is 16.5. The molecule has 150 valence electrons. The van der Waals surface area contributed by atoms with Crippen molar-refractivity contribution in [2.24, 2.45) is 0 Å². The van der Waals surface area contributed by atoms with Crippen LogP contribution in [0.1, 0.15) is 24.5 Å². The Morgan fingerprint density at radius 2 is 1.75 bits per heavy atom. The van der Waals surface area contributed by atoms with Gasteiger partial charge in [-0.2, -0.15) is 0 Å². The Hall–Kier alpha value is -2.53. The molecule has 1 unspecified atom stereocenters. The molecule has 1 heterocycles. The molecule has 1 saturated heterocycles. The van der Waals surface area contributed by atoms with Crippen molar-refractivity contribution in [2.75, 3.05) is 38.3 Å². The van der Waals surface area contributed by atoms with Crippen LogP contribution >= 0.6 is 0 Å². The second-order valence-electron chi connectivity index (χ2n) is 7.50. The minimum Gasteiger partial charge on any atom is -0.378 e. The number of nitrogens with one attached hydrogen (secondary N) is 1. The lowest BCUT2D eigenvalue weighted by molar-refractivity contribution is 0.122. The molecule has 2 aromatic rings. The molecule has 2 amide bonds. The Bertz CT molecular complexity index is 727. The van der Waals surface area contributed by atoms with E-state index >= 15 is 0 Å². The van der Waals surface area contributed by atoms with Crippen LogP contribution in [-0.2, 0) is 17.7 Å². The Kier molecular flexibility index (Phi) is 7.31. The van der Waals surface area contributed by atoms with Gasteiger partial charge in [0, 0.05) is 38.4 Å². The van der Waals surface area contributed by atoms with E-state index in [2.05, 4.69) is 65.7 Å². The van der Waals surface area contributed by atoms with Gasteiger partial charge in [-0.25, -0.2) is 4.79 Å². The molecule has 2 aromatic carbocycles. The number of carbonyl (C=O) groups excluding carboxylic acids is 1. The number of benzene rings is 2. The van der Waals surface area contributed by atoms with Crippen molar-refractivity contribution in [3.63, 3.8) is 0 Å². The van der Waals surface area contributed by atoms with Crippen LogP contribution in [0.4, 0.5) is 10.5 Å². The van der Waals surface area contributed by atoms with E-state index in [1.807, 2.05) is 13.1 Å². The van der Waals surface area contributed by atoms with E-state index in [1.54, 1.807) is 4.90 Å². The monoisotopic (exact) mass is 381 g/mol. The van der Waals surface area contributed by atoms with Crippen LogP contribution in [0.25, 0.3) is 0 Å². The number of carbonyl (C=O) groups is 1. The number of hydrogen-bond donors (Lipinski definition) is 1. The highest BCUT2D eigenvalue weighted by Gasteiger charge is 2.14. The van der Waals surface area contributed by atoms with Crippen molar-refractivity contribution in [3.8, 4) is 0 Å². The summed E-state index contributed by atoms with van der Waals surface area (Å²) in [4.78, 5) is 16.5. The molecule has 0 bridgehead atoms. The first-order chi connectivity index (χ1) is 13.6. The summed E-state index contributed by atoms with van der Waals surface area (Å²) in [7, 11) is 1.84. The molecular weight excluding hydrogens is 350 g/mol. The largest absolute Gasteiger partial charge is 0.378 e. The Balaban J connectivity index is 1.44. The lowest BCUT2D eigenvalue weighted by Gasteiger charge is -2.29. The van der Waals surface area contributed by atoms with Crippen molar-refractivity contribution in [1.82, 2.24) is 10.2 Å². The molecule has 28 heavy (non-hydrogen) atoms.